The summed E-state index contributed by atoms with van der Waals surface area (Å²) in [5.74, 6) is 0.108. The van der Waals surface area contributed by atoms with Crippen LogP contribution in [-0.4, -0.2) is 46.7 Å². The van der Waals surface area contributed by atoms with Gasteiger partial charge in [0.05, 0.1) is 12.5 Å². The fourth-order valence-corrected chi connectivity index (χ4v) is 3.54. The van der Waals surface area contributed by atoms with Crippen LogP contribution < -0.4 is 5.32 Å². The fraction of sp³-hybridized carbons (Fsp3) is 0.818. The number of ether oxygens (including phenoxy) is 1. The number of carboxylic acids is 1. The Labute approximate surface area is 104 Å². The number of carbonyl (C=O) groups is 2. The first-order chi connectivity index (χ1) is 8.12. The number of carboxylic acid groups (broad SMARTS) is 1. The third-order valence-corrected chi connectivity index (χ3v) is 4.44. The van der Waals surface area contributed by atoms with Crippen molar-refractivity contribution in [1.82, 2.24) is 5.32 Å². The number of rotatable bonds is 4. The maximum absolute atomic E-state index is 11.8. The van der Waals surface area contributed by atoms with Gasteiger partial charge in [-0.05, 0) is 25.0 Å². The van der Waals surface area contributed by atoms with Gasteiger partial charge in [0.15, 0.2) is 0 Å². The molecule has 2 fully saturated rings. The van der Waals surface area contributed by atoms with Crippen LogP contribution in [0.15, 0.2) is 0 Å². The molecule has 0 saturated carbocycles. The lowest BCUT2D eigenvalue weighted by Crippen LogP contribution is -2.55. The molecule has 2 aliphatic rings. The summed E-state index contributed by atoms with van der Waals surface area (Å²) in [6.07, 6.45) is 2.62. The molecule has 2 rings (SSSR count). The van der Waals surface area contributed by atoms with Gasteiger partial charge in [0.1, 0.15) is 5.54 Å². The SMILES string of the molecule is O=C(C[C@@H]1CCCO1)N[C@@]1(C(=O)O)CCSC1. The average molecular weight is 259 g/mol. The molecule has 0 spiro atoms. The van der Waals surface area contributed by atoms with E-state index in [0.29, 0.717) is 18.8 Å². The molecule has 2 atom stereocenters. The zero-order valence-electron chi connectivity index (χ0n) is 9.61. The van der Waals surface area contributed by atoms with E-state index in [1.165, 1.54) is 0 Å². The highest BCUT2D eigenvalue weighted by molar-refractivity contribution is 7.99. The molecule has 5 nitrogen and oxygen atoms in total. The van der Waals surface area contributed by atoms with Gasteiger partial charge in [0.2, 0.25) is 5.91 Å². The fourth-order valence-electron chi connectivity index (χ4n) is 2.22. The molecule has 0 aromatic rings. The lowest BCUT2D eigenvalue weighted by molar-refractivity contribution is -0.146. The second kappa shape index (κ2) is 5.27. The molecule has 0 aromatic heterocycles. The molecule has 1 amide bonds. The lowest BCUT2D eigenvalue weighted by atomic mass is 9.98. The van der Waals surface area contributed by atoms with E-state index in [0.717, 1.165) is 18.6 Å². The van der Waals surface area contributed by atoms with E-state index in [1.54, 1.807) is 11.8 Å². The third-order valence-electron chi connectivity index (χ3n) is 3.25. The minimum absolute atomic E-state index is 0.0325. The van der Waals surface area contributed by atoms with Crippen LogP contribution >= 0.6 is 11.8 Å². The maximum atomic E-state index is 11.8. The van der Waals surface area contributed by atoms with Gasteiger partial charge in [0.25, 0.3) is 0 Å². The highest BCUT2D eigenvalue weighted by Crippen LogP contribution is 2.28. The summed E-state index contributed by atoms with van der Waals surface area (Å²) in [6, 6.07) is 0. The summed E-state index contributed by atoms with van der Waals surface area (Å²) < 4.78 is 5.37. The van der Waals surface area contributed by atoms with Crippen molar-refractivity contribution in [2.24, 2.45) is 0 Å². The van der Waals surface area contributed by atoms with E-state index in [2.05, 4.69) is 5.32 Å². The summed E-state index contributed by atoms with van der Waals surface area (Å²) in [5.41, 5.74) is -1.06. The molecule has 0 unspecified atom stereocenters. The van der Waals surface area contributed by atoms with Crippen molar-refractivity contribution in [2.45, 2.75) is 37.3 Å². The largest absolute Gasteiger partial charge is 0.479 e. The molecular weight excluding hydrogens is 242 g/mol. The van der Waals surface area contributed by atoms with Crippen molar-refractivity contribution < 1.29 is 19.4 Å². The first-order valence-corrected chi connectivity index (χ1v) is 7.02. The maximum Gasteiger partial charge on any atom is 0.330 e. The summed E-state index contributed by atoms with van der Waals surface area (Å²) in [7, 11) is 0. The molecule has 2 aliphatic heterocycles. The van der Waals surface area contributed by atoms with E-state index < -0.39 is 11.5 Å². The summed E-state index contributed by atoms with van der Waals surface area (Å²) in [4.78, 5) is 23.0. The van der Waals surface area contributed by atoms with E-state index in [-0.39, 0.29) is 18.4 Å². The van der Waals surface area contributed by atoms with Crippen LogP contribution in [0.25, 0.3) is 0 Å². The van der Waals surface area contributed by atoms with Gasteiger partial charge in [-0.3, -0.25) is 4.79 Å². The number of hydrogen-bond acceptors (Lipinski definition) is 4. The summed E-state index contributed by atoms with van der Waals surface area (Å²) >= 11 is 1.57. The predicted octanol–water partition coefficient (Wildman–Crippen LogP) is 0.632. The van der Waals surface area contributed by atoms with Crippen LogP contribution in [0.2, 0.25) is 0 Å². The number of hydrogen-bond donors (Lipinski definition) is 2. The van der Waals surface area contributed by atoms with Gasteiger partial charge in [-0.25, -0.2) is 4.79 Å². The van der Waals surface area contributed by atoms with Crippen LogP contribution in [0.4, 0.5) is 0 Å². The Bertz CT molecular complexity index is 309. The Hall–Kier alpha value is -0.750. The van der Waals surface area contributed by atoms with Crippen LogP contribution in [0.5, 0.6) is 0 Å². The number of nitrogens with one attached hydrogen (secondary N) is 1. The number of carbonyl (C=O) groups excluding carboxylic acids is 1. The van der Waals surface area contributed by atoms with Crippen molar-refractivity contribution >= 4 is 23.6 Å². The topological polar surface area (TPSA) is 75.6 Å². The minimum atomic E-state index is -1.06. The minimum Gasteiger partial charge on any atom is -0.479 e. The monoisotopic (exact) mass is 259 g/mol. The van der Waals surface area contributed by atoms with Crippen LogP contribution in [-0.2, 0) is 14.3 Å². The van der Waals surface area contributed by atoms with E-state index in [4.69, 9.17) is 4.74 Å². The van der Waals surface area contributed by atoms with E-state index >= 15 is 0 Å². The van der Waals surface area contributed by atoms with Crippen molar-refractivity contribution in [1.29, 1.82) is 0 Å². The van der Waals surface area contributed by atoms with Crippen LogP contribution in [0.3, 0.4) is 0 Å². The normalized spacial score (nSPS) is 32.6. The molecule has 96 valence electrons. The Kier molecular flexibility index (Phi) is 3.93. The Morgan fingerprint density at radius 1 is 1.53 bits per heavy atom. The van der Waals surface area contributed by atoms with Gasteiger partial charge in [0, 0.05) is 12.4 Å². The van der Waals surface area contributed by atoms with E-state index in [9.17, 15) is 14.7 Å². The highest BCUT2D eigenvalue weighted by Gasteiger charge is 2.43. The van der Waals surface area contributed by atoms with Gasteiger partial charge in [-0.15, -0.1) is 0 Å². The number of thioether (sulfide) groups is 1. The molecule has 2 saturated heterocycles. The molecule has 0 aromatic carbocycles. The molecule has 0 radical (unpaired) electrons. The Morgan fingerprint density at radius 2 is 2.35 bits per heavy atom. The zero-order chi connectivity index (χ0) is 12.3. The van der Waals surface area contributed by atoms with E-state index in [1.807, 2.05) is 0 Å². The van der Waals surface area contributed by atoms with Gasteiger partial charge in [-0.1, -0.05) is 0 Å². The Balaban J connectivity index is 1.89. The summed E-state index contributed by atoms with van der Waals surface area (Å²) in [5, 5.41) is 11.9. The first-order valence-electron chi connectivity index (χ1n) is 5.86. The van der Waals surface area contributed by atoms with Crippen LogP contribution in [0, 0.1) is 0 Å². The molecular formula is C11H17NO4S. The molecule has 0 aliphatic carbocycles. The average Bonchev–Trinajstić information content (AvgIpc) is 2.89. The van der Waals surface area contributed by atoms with Crippen LogP contribution in [0.1, 0.15) is 25.7 Å². The first kappa shape index (κ1) is 12.7. The smallest absolute Gasteiger partial charge is 0.330 e. The van der Waals surface area contributed by atoms with Crippen molar-refractivity contribution in [3.05, 3.63) is 0 Å². The Morgan fingerprint density at radius 3 is 2.88 bits per heavy atom. The molecule has 2 heterocycles. The quantitative estimate of drug-likeness (QED) is 0.774. The van der Waals surface area contributed by atoms with Crippen molar-refractivity contribution in [3.8, 4) is 0 Å². The number of aliphatic carboxylic acids is 1. The second-order valence-electron chi connectivity index (χ2n) is 4.58. The van der Waals surface area contributed by atoms with Gasteiger partial charge >= 0.3 is 5.97 Å². The number of amides is 1. The van der Waals surface area contributed by atoms with Crippen molar-refractivity contribution in [3.63, 3.8) is 0 Å². The zero-order valence-corrected chi connectivity index (χ0v) is 10.4. The molecule has 6 heteroatoms. The standard InChI is InChI=1S/C11H17NO4S/c13-9(6-8-2-1-4-16-8)12-11(10(14)15)3-5-17-7-11/h8H,1-7H2,(H,12,13)(H,14,15)/t8-,11-/m0/s1. The summed E-state index contributed by atoms with van der Waals surface area (Å²) in [6.45, 7) is 0.706. The molecule has 17 heavy (non-hydrogen) atoms. The van der Waals surface area contributed by atoms with Gasteiger partial charge in [-0.2, -0.15) is 11.8 Å². The lowest BCUT2D eigenvalue weighted by Gasteiger charge is -2.25. The highest BCUT2D eigenvalue weighted by atomic mass is 32.2. The third kappa shape index (κ3) is 2.93. The predicted molar refractivity (Wildman–Crippen MR) is 64.0 cm³/mol. The van der Waals surface area contributed by atoms with Gasteiger partial charge < -0.3 is 15.2 Å². The van der Waals surface area contributed by atoms with Crippen molar-refractivity contribution in [2.75, 3.05) is 18.1 Å². The molecule has 2 N–H and O–H groups in total. The molecule has 0 bridgehead atoms. The second-order valence-corrected chi connectivity index (χ2v) is 5.68.